The van der Waals surface area contributed by atoms with E-state index in [0.717, 1.165) is 24.9 Å². The topological polar surface area (TPSA) is 134 Å². The summed E-state index contributed by atoms with van der Waals surface area (Å²) in [5.74, 6) is 2.49. The first kappa shape index (κ1) is 24.4. The number of nitrogens with zero attached hydrogens (tertiary/aromatic N) is 5. The van der Waals surface area contributed by atoms with Gasteiger partial charge in [-0.1, -0.05) is 5.16 Å². The summed E-state index contributed by atoms with van der Waals surface area (Å²) >= 11 is 0. The molecule has 1 aliphatic heterocycles. The van der Waals surface area contributed by atoms with Crippen molar-refractivity contribution in [3.05, 3.63) is 36.1 Å². The van der Waals surface area contributed by atoms with Gasteiger partial charge in [-0.15, -0.1) is 0 Å². The molecule has 0 spiro atoms. The summed E-state index contributed by atoms with van der Waals surface area (Å²) in [5, 5.41) is 6.81. The van der Waals surface area contributed by atoms with E-state index in [9.17, 15) is 4.79 Å². The minimum Gasteiger partial charge on any atom is -0.493 e. The van der Waals surface area contributed by atoms with Gasteiger partial charge in [0.2, 0.25) is 17.5 Å². The van der Waals surface area contributed by atoms with E-state index >= 15 is 0 Å². The average molecular weight is 485 g/mol. The number of carbonyl (C=O) groups excluding carboxylic acids is 1. The highest BCUT2D eigenvalue weighted by atomic mass is 16.5. The number of aromatic nitrogens is 4. The van der Waals surface area contributed by atoms with Crippen molar-refractivity contribution in [2.75, 3.05) is 46.9 Å². The van der Waals surface area contributed by atoms with Crippen molar-refractivity contribution in [1.82, 2.24) is 25.0 Å². The zero-order valence-corrected chi connectivity index (χ0v) is 20.1. The third-order valence-corrected chi connectivity index (χ3v) is 5.69. The number of likely N-dealkylation sites (tertiary alicyclic amines) is 1. The van der Waals surface area contributed by atoms with Gasteiger partial charge in [0.15, 0.2) is 11.5 Å². The summed E-state index contributed by atoms with van der Waals surface area (Å²) in [6.45, 7) is 1.40. The van der Waals surface area contributed by atoms with E-state index in [1.165, 1.54) is 19.6 Å². The first-order valence-electron chi connectivity index (χ1n) is 11.0. The Balaban J connectivity index is 1.55. The Bertz CT molecular complexity index is 1140. The van der Waals surface area contributed by atoms with Gasteiger partial charge in [0.1, 0.15) is 18.8 Å². The minimum atomic E-state index is -0.344. The number of anilines is 1. The molecule has 3 heterocycles. The molecular weight excluding hydrogens is 456 g/mol. The maximum Gasteiger partial charge on any atom is 0.251 e. The number of nitrogens with one attached hydrogen (secondary N) is 1. The average Bonchev–Trinajstić information content (AvgIpc) is 3.53. The van der Waals surface area contributed by atoms with Gasteiger partial charge in [-0.25, -0.2) is 9.97 Å². The molecule has 35 heavy (non-hydrogen) atoms. The van der Waals surface area contributed by atoms with Crippen LogP contribution in [0.1, 0.15) is 30.3 Å². The van der Waals surface area contributed by atoms with Crippen LogP contribution >= 0.6 is 0 Å². The molecule has 1 aromatic carbocycles. The van der Waals surface area contributed by atoms with Crippen LogP contribution in [0.2, 0.25) is 0 Å². The molecule has 3 aromatic rings. The number of benzene rings is 1. The molecule has 1 N–H and O–H groups in total. The predicted molar refractivity (Wildman–Crippen MR) is 124 cm³/mol. The summed E-state index contributed by atoms with van der Waals surface area (Å²) in [5.41, 5.74) is 1.46. The van der Waals surface area contributed by atoms with Crippen LogP contribution in [0.3, 0.4) is 0 Å². The zero-order valence-electron chi connectivity index (χ0n) is 20.1. The highest BCUT2D eigenvalue weighted by Gasteiger charge is 2.32. The lowest BCUT2D eigenvalue weighted by molar-refractivity contribution is -0.119. The largest absolute Gasteiger partial charge is 0.493 e. The third kappa shape index (κ3) is 5.33. The molecule has 1 unspecified atom stereocenters. The van der Waals surface area contributed by atoms with Crippen LogP contribution in [0.25, 0.3) is 11.4 Å². The Kier molecular flexibility index (Phi) is 7.73. The number of hydrogen-bond donors (Lipinski definition) is 1. The van der Waals surface area contributed by atoms with Crippen LogP contribution in [-0.2, 0) is 16.1 Å². The summed E-state index contributed by atoms with van der Waals surface area (Å²) in [6, 6.07) is 3.81. The summed E-state index contributed by atoms with van der Waals surface area (Å²) in [7, 11) is 6.21. The monoisotopic (exact) mass is 484 g/mol. The zero-order chi connectivity index (χ0) is 24.8. The molecule has 12 heteroatoms. The van der Waals surface area contributed by atoms with Gasteiger partial charge in [-0.2, -0.15) is 4.98 Å². The Hall–Kier alpha value is -3.77. The second-order valence-corrected chi connectivity index (χ2v) is 7.88. The van der Waals surface area contributed by atoms with E-state index < -0.39 is 0 Å². The van der Waals surface area contributed by atoms with Gasteiger partial charge in [0.05, 0.1) is 32.9 Å². The van der Waals surface area contributed by atoms with Gasteiger partial charge in [0, 0.05) is 19.9 Å². The van der Waals surface area contributed by atoms with E-state index in [1.54, 1.807) is 21.3 Å². The van der Waals surface area contributed by atoms with E-state index in [1.807, 2.05) is 12.1 Å². The Labute approximate surface area is 202 Å². The highest BCUT2D eigenvalue weighted by molar-refractivity contribution is 5.93. The summed E-state index contributed by atoms with van der Waals surface area (Å²) in [6.07, 6.45) is 4.73. The normalized spacial score (nSPS) is 15.7. The van der Waals surface area contributed by atoms with Crippen molar-refractivity contribution in [1.29, 1.82) is 0 Å². The molecule has 12 nitrogen and oxygen atoms in total. The van der Waals surface area contributed by atoms with Crippen LogP contribution in [0, 0.1) is 0 Å². The van der Waals surface area contributed by atoms with Crippen molar-refractivity contribution < 1.29 is 28.3 Å². The molecule has 1 fully saturated rings. The maximum atomic E-state index is 12.0. The number of amides is 1. The number of carbonyl (C=O) groups is 1. The van der Waals surface area contributed by atoms with Gasteiger partial charge in [-0.05, 0) is 37.1 Å². The predicted octanol–water partition coefficient (Wildman–Crippen LogP) is 2.47. The van der Waals surface area contributed by atoms with Crippen molar-refractivity contribution >= 4 is 11.7 Å². The van der Waals surface area contributed by atoms with E-state index in [2.05, 4.69) is 30.3 Å². The lowest BCUT2D eigenvalue weighted by atomic mass is 10.1. The molecule has 1 aliphatic rings. The molecule has 0 bridgehead atoms. The standard InChI is InChI=1S/C23H28N6O6/c1-31-12-19(30)26-21-15(10-24-13-25-21)22-27-23(35-28-22)16-6-5-7-29(16)11-14-8-17(32-2)20(34-4)18(9-14)33-3/h8-10,13,16H,5-7,11-12H2,1-4H3,(H,24,25,26,30). The van der Waals surface area contributed by atoms with Crippen LogP contribution in [0.4, 0.5) is 5.82 Å². The summed E-state index contributed by atoms with van der Waals surface area (Å²) < 4.78 is 26.9. The second kappa shape index (κ2) is 11.1. The fourth-order valence-electron chi connectivity index (χ4n) is 4.13. The molecule has 0 radical (unpaired) electrons. The first-order chi connectivity index (χ1) is 17.1. The van der Waals surface area contributed by atoms with Crippen LogP contribution in [-0.4, -0.2) is 72.5 Å². The first-order valence-corrected chi connectivity index (χ1v) is 11.0. The highest BCUT2D eigenvalue weighted by Crippen LogP contribution is 2.40. The third-order valence-electron chi connectivity index (χ3n) is 5.69. The van der Waals surface area contributed by atoms with Gasteiger partial charge >= 0.3 is 0 Å². The van der Waals surface area contributed by atoms with Crippen molar-refractivity contribution in [3.8, 4) is 28.6 Å². The van der Waals surface area contributed by atoms with Crippen LogP contribution in [0.5, 0.6) is 17.2 Å². The van der Waals surface area contributed by atoms with E-state index in [0.29, 0.717) is 41.1 Å². The smallest absolute Gasteiger partial charge is 0.251 e. The lowest BCUT2D eigenvalue weighted by Gasteiger charge is -2.22. The Morgan fingerprint density at radius 1 is 1.17 bits per heavy atom. The minimum absolute atomic E-state index is 0.0634. The van der Waals surface area contributed by atoms with E-state index in [4.69, 9.17) is 23.5 Å². The van der Waals surface area contributed by atoms with Crippen molar-refractivity contribution in [2.24, 2.45) is 0 Å². The number of methoxy groups -OCH3 is 4. The number of rotatable bonds is 10. The fraction of sp³-hybridized carbons (Fsp3) is 0.435. The van der Waals surface area contributed by atoms with E-state index in [-0.39, 0.29) is 24.4 Å². The molecular formula is C23H28N6O6. The SMILES string of the molecule is COCC(=O)Nc1ncncc1-c1noc(C2CCCN2Cc2cc(OC)c(OC)c(OC)c2)n1. The number of hydrogen-bond acceptors (Lipinski definition) is 11. The van der Waals surface area contributed by atoms with Gasteiger partial charge in [0.25, 0.3) is 5.91 Å². The van der Waals surface area contributed by atoms with Crippen LogP contribution < -0.4 is 19.5 Å². The lowest BCUT2D eigenvalue weighted by Crippen LogP contribution is -2.23. The molecule has 0 saturated carbocycles. The quantitative estimate of drug-likeness (QED) is 0.455. The summed E-state index contributed by atoms with van der Waals surface area (Å²) in [4.78, 5) is 27.0. The molecule has 0 aliphatic carbocycles. The molecule has 186 valence electrons. The molecule has 1 saturated heterocycles. The van der Waals surface area contributed by atoms with Gasteiger partial charge < -0.3 is 28.8 Å². The van der Waals surface area contributed by atoms with Crippen molar-refractivity contribution in [2.45, 2.75) is 25.4 Å². The fourth-order valence-corrected chi connectivity index (χ4v) is 4.13. The Morgan fingerprint density at radius 2 is 1.94 bits per heavy atom. The second-order valence-electron chi connectivity index (χ2n) is 7.88. The van der Waals surface area contributed by atoms with Crippen LogP contribution in [0.15, 0.2) is 29.2 Å². The number of ether oxygens (including phenoxy) is 4. The Morgan fingerprint density at radius 3 is 2.63 bits per heavy atom. The molecule has 4 rings (SSSR count). The van der Waals surface area contributed by atoms with Gasteiger partial charge in [-0.3, -0.25) is 9.69 Å². The molecule has 1 atom stereocenters. The maximum absolute atomic E-state index is 12.0. The molecule has 1 amide bonds. The molecule has 2 aromatic heterocycles. The van der Waals surface area contributed by atoms with Crippen molar-refractivity contribution in [3.63, 3.8) is 0 Å².